The SMILES string of the molecule is COc1ccc(C=C2SC(=O)N(CC(=O)Cl)C2=O)cc1OC. The average molecular weight is 342 g/mol. The molecule has 22 heavy (non-hydrogen) atoms. The lowest BCUT2D eigenvalue weighted by molar-refractivity contribution is -0.125. The number of amides is 2. The van der Waals surface area contributed by atoms with Gasteiger partial charge in [-0.05, 0) is 47.1 Å². The lowest BCUT2D eigenvalue weighted by atomic mass is 10.2. The molecule has 0 N–H and O–H groups in total. The van der Waals surface area contributed by atoms with E-state index in [1.807, 2.05) is 0 Å². The van der Waals surface area contributed by atoms with E-state index in [9.17, 15) is 14.4 Å². The Morgan fingerprint density at radius 2 is 1.95 bits per heavy atom. The fourth-order valence-corrected chi connectivity index (χ4v) is 2.81. The molecule has 116 valence electrons. The molecule has 8 heteroatoms. The predicted molar refractivity (Wildman–Crippen MR) is 83.1 cm³/mol. The molecule has 0 aromatic heterocycles. The van der Waals surface area contributed by atoms with Crippen molar-refractivity contribution in [2.24, 2.45) is 0 Å². The molecule has 1 saturated heterocycles. The Morgan fingerprint density at radius 1 is 1.27 bits per heavy atom. The second kappa shape index (κ2) is 6.85. The van der Waals surface area contributed by atoms with E-state index in [2.05, 4.69) is 0 Å². The number of hydrogen-bond donors (Lipinski definition) is 0. The van der Waals surface area contributed by atoms with Crippen LogP contribution in [0.5, 0.6) is 11.5 Å². The topological polar surface area (TPSA) is 72.9 Å². The largest absolute Gasteiger partial charge is 0.493 e. The molecule has 0 saturated carbocycles. The molecule has 6 nitrogen and oxygen atoms in total. The minimum atomic E-state index is -0.769. The van der Waals surface area contributed by atoms with Crippen LogP contribution in [0.4, 0.5) is 4.79 Å². The first-order chi connectivity index (χ1) is 10.5. The van der Waals surface area contributed by atoms with Crippen molar-refractivity contribution in [1.82, 2.24) is 4.90 Å². The van der Waals surface area contributed by atoms with Crippen LogP contribution in [0.25, 0.3) is 6.08 Å². The van der Waals surface area contributed by atoms with Gasteiger partial charge in [0.2, 0.25) is 5.24 Å². The average Bonchev–Trinajstić information content (AvgIpc) is 2.74. The monoisotopic (exact) mass is 341 g/mol. The highest BCUT2D eigenvalue weighted by Gasteiger charge is 2.35. The Balaban J connectivity index is 2.28. The summed E-state index contributed by atoms with van der Waals surface area (Å²) in [6.07, 6.45) is 1.55. The van der Waals surface area contributed by atoms with E-state index >= 15 is 0 Å². The minimum Gasteiger partial charge on any atom is -0.493 e. The molecule has 0 bridgehead atoms. The standard InChI is InChI=1S/C14H12ClNO5S/c1-20-9-4-3-8(5-10(9)21-2)6-11-13(18)16(7-12(15)17)14(19)22-11/h3-6H,7H2,1-2H3. The summed E-state index contributed by atoms with van der Waals surface area (Å²) in [6.45, 7) is -0.435. The van der Waals surface area contributed by atoms with Gasteiger partial charge in [0.1, 0.15) is 6.54 Å². The summed E-state index contributed by atoms with van der Waals surface area (Å²) >= 11 is 5.98. The van der Waals surface area contributed by atoms with Crippen LogP contribution >= 0.6 is 23.4 Å². The van der Waals surface area contributed by atoms with Crippen molar-refractivity contribution in [2.75, 3.05) is 20.8 Å². The van der Waals surface area contributed by atoms with Gasteiger partial charge >= 0.3 is 0 Å². The van der Waals surface area contributed by atoms with Gasteiger partial charge in [0.05, 0.1) is 19.1 Å². The van der Waals surface area contributed by atoms with Gasteiger partial charge in [0.25, 0.3) is 11.1 Å². The Labute approximate surface area is 136 Å². The van der Waals surface area contributed by atoms with Crippen LogP contribution < -0.4 is 9.47 Å². The summed E-state index contributed by atoms with van der Waals surface area (Å²) in [5.74, 6) is 0.519. The van der Waals surface area contributed by atoms with Crippen LogP contribution in [-0.4, -0.2) is 42.1 Å². The Bertz CT molecular complexity index is 673. The molecular weight excluding hydrogens is 330 g/mol. The lowest BCUT2D eigenvalue weighted by Crippen LogP contribution is -2.31. The van der Waals surface area contributed by atoms with Gasteiger partial charge in [0.15, 0.2) is 11.5 Å². The van der Waals surface area contributed by atoms with E-state index in [0.717, 1.165) is 16.7 Å². The first-order valence-corrected chi connectivity index (χ1v) is 7.31. The van der Waals surface area contributed by atoms with Gasteiger partial charge < -0.3 is 9.47 Å². The number of imide groups is 1. The zero-order valence-electron chi connectivity index (χ0n) is 11.8. The number of carbonyl (C=O) groups excluding carboxylic acids is 3. The highest BCUT2D eigenvalue weighted by atomic mass is 35.5. The van der Waals surface area contributed by atoms with Crippen LogP contribution in [0.2, 0.25) is 0 Å². The molecular formula is C14H12ClNO5S. The highest BCUT2D eigenvalue weighted by Crippen LogP contribution is 2.34. The maximum absolute atomic E-state index is 12.1. The first kappa shape index (κ1) is 16.4. The maximum Gasteiger partial charge on any atom is 0.294 e. The number of carbonyl (C=O) groups is 3. The van der Waals surface area contributed by atoms with Gasteiger partial charge in [-0.25, -0.2) is 0 Å². The molecule has 1 aliphatic rings. The first-order valence-electron chi connectivity index (χ1n) is 6.12. The Kier molecular flexibility index (Phi) is 5.10. The number of methoxy groups -OCH3 is 2. The quantitative estimate of drug-likeness (QED) is 0.605. The fourth-order valence-electron chi connectivity index (χ4n) is 1.85. The van der Waals surface area contributed by atoms with Crippen molar-refractivity contribution in [3.8, 4) is 11.5 Å². The van der Waals surface area contributed by atoms with Crippen molar-refractivity contribution in [1.29, 1.82) is 0 Å². The zero-order chi connectivity index (χ0) is 16.3. The molecule has 0 atom stereocenters. The number of rotatable bonds is 5. The number of ether oxygens (including phenoxy) is 2. The third kappa shape index (κ3) is 3.42. The summed E-state index contributed by atoms with van der Waals surface area (Å²) in [5.41, 5.74) is 0.667. The van der Waals surface area contributed by atoms with Crippen LogP contribution in [0.15, 0.2) is 23.1 Å². The smallest absolute Gasteiger partial charge is 0.294 e. The molecule has 2 rings (SSSR count). The van der Waals surface area contributed by atoms with Crippen molar-refractivity contribution in [2.45, 2.75) is 0 Å². The summed E-state index contributed by atoms with van der Waals surface area (Å²) < 4.78 is 10.3. The lowest BCUT2D eigenvalue weighted by Gasteiger charge is -2.08. The fraction of sp³-hybridized carbons (Fsp3) is 0.214. The van der Waals surface area contributed by atoms with Crippen LogP contribution in [0, 0.1) is 0 Å². The van der Waals surface area contributed by atoms with E-state index < -0.39 is 22.9 Å². The van der Waals surface area contributed by atoms with Crippen molar-refractivity contribution in [3.05, 3.63) is 28.7 Å². The summed E-state index contributed by atoms with van der Waals surface area (Å²) in [4.78, 5) is 35.7. The van der Waals surface area contributed by atoms with E-state index in [0.29, 0.717) is 17.1 Å². The van der Waals surface area contributed by atoms with Gasteiger partial charge in [-0.1, -0.05) is 6.07 Å². The molecule has 1 aromatic rings. The van der Waals surface area contributed by atoms with E-state index in [1.165, 1.54) is 14.2 Å². The molecule has 2 amide bonds. The molecule has 1 heterocycles. The zero-order valence-corrected chi connectivity index (χ0v) is 13.4. The molecule has 1 fully saturated rings. The third-order valence-corrected chi connectivity index (χ3v) is 3.89. The number of benzene rings is 1. The van der Waals surface area contributed by atoms with Crippen LogP contribution in [0.3, 0.4) is 0 Å². The minimum absolute atomic E-state index is 0.218. The van der Waals surface area contributed by atoms with E-state index in [-0.39, 0.29) is 4.91 Å². The van der Waals surface area contributed by atoms with E-state index in [4.69, 9.17) is 21.1 Å². The Hall–Kier alpha value is -1.99. The molecule has 1 aliphatic heterocycles. The number of hydrogen-bond acceptors (Lipinski definition) is 6. The van der Waals surface area contributed by atoms with Crippen molar-refractivity contribution in [3.63, 3.8) is 0 Å². The molecule has 0 aliphatic carbocycles. The third-order valence-electron chi connectivity index (χ3n) is 2.86. The number of nitrogens with zero attached hydrogens (tertiary/aromatic N) is 1. The van der Waals surface area contributed by atoms with E-state index in [1.54, 1.807) is 24.3 Å². The number of halogens is 1. The number of thioether (sulfide) groups is 1. The van der Waals surface area contributed by atoms with Crippen LogP contribution in [0.1, 0.15) is 5.56 Å². The van der Waals surface area contributed by atoms with Crippen molar-refractivity contribution >= 4 is 45.8 Å². The predicted octanol–water partition coefficient (Wildman–Crippen LogP) is 2.51. The van der Waals surface area contributed by atoms with Gasteiger partial charge in [-0.2, -0.15) is 0 Å². The molecule has 0 spiro atoms. The van der Waals surface area contributed by atoms with Crippen LogP contribution in [-0.2, 0) is 9.59 Å². The molecule has 1 aromatic carbocycles. The Morgan fingerprint density at radius 3 is 2.55 bits per heavy atom. The van der Waals surface area contributed by atoms with Gasteiger partial charge in [-0.3, -0.25) is 19.3 Å². The summed E-state index contributed by atoms with van der Waals surface area (Å²) in [5, 5.41) is -1.29. The molecule has 0 radical (unpaired) electrons. The van der Waals surface area contributed by atoms with Gasteiger partial charge in [0, 0.05) is 0 Å². The second-order valence-corrected chi connectivity index (χ2v) is 5.65. The molecule has 0 unspecified atom stereocenters. The summed E-state index contributed by atoms with van der Waals surface area (Å²) in [6, 6.07) is 5.10. The second-order valence-electron chi connectivity index (χ2n) is 4.24. The maximum atomic E-state index is 12.1. The highest BCUT2D eigenvalue weighted by molar-refractivity contribution is 8.18. The normalized spacial score (nSPS) is 16.3. The van der Waals surface area contributed by atoms with Gasteiger partial charge in [-0.15, -0.1) is 0 Å². The van der Waals surface area contributed by atoms with Crippen molar-refractivity contribution < 1.29 is 23.9 Å². The summed E-state index contributed by atoms with van der Waals surface area (Å²) in [7, 11) is 3.02.